The second kappa shape index (κ2) is 9.48. The van der Waals surface area contributed by atoms with E-state index in [-0.39, 0.29) is 5.91 Å². The summed E-state index contributed by atoms with van der Waals surface area (Å²) in [6.45, 7) is 3.90. The first-order valence-electron chi connectivity index (χ1n) is 8.40. The van der Waals surface area contributed by atoms with Crippen molar-refractivity contribution in [3.05, 3.63) is 59.1 Å². The number of amides is 1. The molecule has 8 heteroatoms. The highest BCUT2D eigenvalue weighted by Gasteiger charge is 2.28. The van der Waals surface area contributed by atoms with Gasteiger partial charge < -0.3 is 5.32 Å². The van der Waals surface area contributed by atoms with E-state index in [1.165, 1.54) is 0 Å². The highest BCUT2D eigenvalue weighted by molar-refractivity contribution is 7.99. The number of carbonyl (C=O) groups is 1. The third kappa shape index (κ3) is 6.45. The molecule has 27 heavy (non-hydrogen) atoms. The SMILES string of the molecule is Cc1cccc(N(C(C)C(=O)NCCSc2ccc(Cl)cc2)S(C)(=O)=O)c1. The van der Waals surface area contributed by atoms with Crippen molar-refractivity contribution in [2.75, 3.05) is 22.9 Å². The molecular formula is C19H23ClN2O3S2. The number of thioether (sulfide) groups is 1. The molecule has 0 aliphatic carbocycles. The Labute approximate surface area is 170 Å². The number of benzene rings is 2. The summed E-state index contributed by atoms with van der Waals surface area (Å²) in [6.07, 6.45) is 1.11. The lowest BCUT2D eigenvalue weighted by atomic mass is 10.2. The van der Waals surface area contributed by atoms with Crippen molar-refractivity contribution < 1.29 is 13.2 Å². The van der Waals surface area contributed by atoms with E-state index < -0.39 is 16.1 Å². The van der Waals surface area contributed by atoms with E-state index in [1.54, 1.807) is 36.9 Å². The van der Waals surface area contributed by atoms with Gasteiger partial charge in [-0.15, -0.1) is 11.8 Å². The van der Waals surface area contributed by atoms with Gasteiger partial charge in [0.2, 0.25) is 15.9 Å². The number of hydrogen-bond donors (Lipinski definition) is 1. The molecular weight excluding hydrogens is 404 g/mol. The van der Waals surface area contributed by atoms with Crippen molar-refractivity contribution in [3.63, 3.8) is 0 Å². The van der Waals surface area contributed by atoms with E-state index in [0.29, 0.717) is 23.0 Å². The Balaban J connectivity index is 1.97. The quantitative estimate of drug-likeness (QED) is 0.516. The van der Waals surface area contributed by atoms with Gasteiger partial charge in [-0.3, -0.25) is 9.10 Å². The Morgan fingerprint density at radius 2 is 1.89 bits per heavy atom. The van der Waals surface area contributed by atoms with E-state index in [4.69, 9.17) is 11.6 Å². The fourth-order valence-corrected chi connectivity index (χ4v) is 4.66. The Morgan fingerprint density at radius 3 is 2.48 bits per heavy atom. The van der Waals surface area contributed by atoms with Gasteiger partial charge in [0.05, 0.1) is 11.9 Å². The Kier molecular flexibility index (Phi) is 7.59. The molecule has 1 N–H and O–H groups in total. The van der Waals surface area contributed by atoms with Crippen molar-refractivity contribution in [1.82, 2.24) is 5.32 Å². The number of anilines is 1. The molecule has 2 aromatic rings. The molecule has 0 aliphatic heterocycles. The Bertz CT molecular complexity index is 886. The molecule has 0 aliphatic rings. The number of aryl methyl sites for hydroxylation is 1. The van der Waals surface area contributed by atoms with Crippen LogP contribution >= 0.6 is 23.4 Å². The zero-order chi connectivity index (χ0) is 20.0. The van der Waals surface area contributed by atoms with Crippen LogP contribution in [0.1, 0.15) is 12.5 Å². The van der Waals surface area contributed by atoms with Crippen LogP contribution < -0.4 is 9.62 Å². The van der Waals surface area contributed by atoms with Crippen molar-refractivity contribution in [1.29, 1.82) is 0 Å². The number of carbonyl (C=O) groups excluding carboxylic acids is 1. The molecule has 2 rings (SSSR count). The van der Waals surface area contributed by atoms with E-state index in [1.807, 2.05) is 37.3 Å². The monoisotopic (exact) mass is 426 g/mol. The predicted octanol–water partition coefficient (Wildman–Crippen LogP) is 3.71. The predicted molar refractivity (Wildman–Crippen MR) is 113 cm³/mol. The maximum absolute atomic E-state index is 12.5. The zero-order valence-electron chi connectivity index (χ0n) is 15.5. The van der Waals surface area contributed by atoms with Gasteiger partial charge in [-0.25, -0.2) is 8.42 Å². The summed E-state index contributed by atoms with van der Waals surface area (Å²) in [7, 11) is -3.60. The molecule has 1 unspecified atom stereocenters. The molecule has 0 bridgehead atoms. The molecule has 0 spiro atoms. The fraction of sp³-hybridized carbons (Fsp3) is 0.316. The van der Waals surface area contributed by atoms with Crippen LogP contribution in [-0.4, -0.2) is 38.9 Å². The fourth-order valence-electron chi connectivity index (χ4n) is 2.60. The molecule has 1 atom stereocenters. The van der Waals surface area contributed by atoms with Gasteiger partial charge in [-0.1, -0.05) is 23.7 Å². The maximum Gasteiger partial charge on any atom is 0.243 e. The Morgan fingerprint density at radius 1 is 1.22 bits per heavy atom. The van der Waals surface area contributed by atoms with Crippen LogP contribution in [-0.2, 0) is 14.8 Å². The van der Waals surface area contributed by atoms with Crippen LogP contribution in [0.4, 0.5) is 5.69 Å². The smallest absolute Gasteiger partial charge is 0.243 e. The number of nitrogens with zero attached hydrogens (tertiary/aromatic N) is 1. The summed E-state index contributed by atoms with van der Waals surface area (Å²) in [4.78, 5) is 13.6. The third-order valence-electron chi connectivity index (χ3n) is 3.83. The van der Waals surface area contributed by atoms with Gasteiger partial charge in [-0.2, -0.15) is 0 Å². The molecule has 1 amide bonds. The van der Waals surface area contributed by atoms with Crippen LogP contribution in [0, 0.1) is 6.92 Å². The summed E-state index contributed by atoms with van der Waals surface area (Å²) in [5, 5.41) is 3.49. The lowest BCUT2D eigenvalue weighted by Gasteiger charge is -2.28. The summed E-state index contributed by atoms with van der Waals surface area (Å²) in [6, 6.07) is 13.7. The summed E-state index contributed by atoms with van der Waals surface area (Å²) in [5.41, 5.74) is 1.41. The molecule has 0 saturated carbocycles. The van der Waals surface area contributed by atoms with Crippen molar-refractivity contribution >= 4 is 45.0 Å². The minimum Gasteiger partial charge on any atom is -0.353 e. The lowest BCUT2D eigenvalue weighted by Crippen LogP contribution is -2.48. The van der Waals surface area contributed by atoms with Crippen molar-refractivity contribution in [2.24, 2.45) is 0 Å². The lowest BCUT2D eigenvalue weighted by molar-refractivity contribution is -0.121. The topological polar surface area (TPSA) is 66.5 Å². The highest BCUT2D eigenvalue weighted by Crippen LogP contribution is 2.22. The van der Waals surface area contributed by atoms with Gasteiger partial charge >= 0.3 is 0 Å². The van der Waals surface area contributed by atoms with Gasteiger partial charge in [0.1, 0.15) is 6.04 Å². The Hall–Kier alpha value is -1.70. The van der Waals surface area contributed by atoms with Crippen molar-refractivity contribution in [2.45, 2.75) is 24.8 Å². The van der Waals surface area contributed by atoms with Gasteiger partial charge in [-0.05, 0) is 55.8 Å². The average molecular weight is 427 g/mol. The van der Waals surface area contributed by atoms with Crippen LogP contribution in [0.15, 0.2) is 53.4 Å². The zero-order valence-corrected chi connectivity index (χ0v) is 17.9. The van der Waals surface area contributed by atoms with E-state index in [0.717, 1.165) is 21.0 Å². The molecule has 146 valence electrons. The van der Waals surface area contributed by atoms with Gasteiger partial charge in [0.25, 0.3) is 0 Å². The summed E-state index contributed by atoms with van der Waals surface area (Å²) >= 11 is 7.45. The van der Waals surface area contributed by atoms with Gasteiger partial charge in [0.15, 0.2) is 0 Å². The molecule has 0 saturated heterocycles. The summed E-state index contributed by atoms with van der Waals surface area (Å²) in [5.74, 6) is 0.335. The minimum absolute atomic E-state index is 0.335. The standard InChI is InChI=1S/C19H23ClN2O3S2/c1-14-5-4-6-17(13-14)22(27(3,24)25)15(2)19(23)21-11-12-26-18-9-7-16(20)8-10-18/h4-10,13,15H,11-12H2,1-3H3,(H,21,23). The summed E-state index contributed by atoms with van der Waals surface area (Å²) < 4.78 is 25.7. The first-order valence-corrected chi connectivity index (χ1v) is 11.6. The second-order valence-electron chi connectivity index (χ2n) is 6.17. The molecule has 0 aromatic heterocycles. The van der Waals surface area contributed by atoms with E-state index >= 15 is 0 Å². The average Bonchev–Trinajstić information content (AvgIpc) is 2.59. The van der Waals surface area contributed by atoms with Crippen molar-refractivity contribution in [3.8, 4) is 0 Å². The molecule has 0 fully saturated rings. The third-order valence-corrected chi connectivity index (χ3v) is 6.34. The number of sulfonamides is 1. The number of rotatable bonds is 8. The minimum atomic E-state index is -3.60. The number of halogens is 1. The molecule has 0 heterocycles. The van der Waals surface area contributed by atoms with Crippen LogP contribution in [0.2, 0.25) is 5.02 Å². The molecule has 2 aromatic carbocycles. The number of hydrogen-bond acceptors (Lipinski definition) is 4. The number of nitrogens with one attached hydrogen (secondary N) is 1. The van der Waals surface area contributed by atoms with Crippen LogP contribution in [0.5, 0.6) is 0 Å². The second-order valence-corrected chi connectivity index (χ2v) is 9.63. The molecule has 5 nitrogen and oxygen atoms in total. The maximum atomic E-state index is 12.5. The van der Waals surface area contributed by atoms with Gasteiger partial charge in [0, 0.05) is 22.2 Å². The largest absolute Gasteiger partial charge is 0.353 e. The van der Waals surface area contributed by atoms with Crippen LogP contribution in [0.25, 0.3) is 0 Å². The van der Waals surface area contributed by atoms with Crippen LogP contribution in [0.3, 0.4) is 0 Å². The van der Waals surface area contributed by atoms with E-state index in [2.05, 4.69) is 5.32 Å². The van der Waals surface area contributed by atoms with E-state index in [9.17, 15) is 13.2 Å². The normalized spacial score (nSPS) is 12.4. The first-order chi connectivity index (χ1) is 12.7. The highest BCUT2D eigenvalue weighted by atomic mass is 35.5. The molecule has 0 radical (unpaired) electrons. The first kappa shape index (κ1) is 21.6.